The quantitative estimate of drug-likeness (QED) is 0.812. The maximum Gasteiger partial charge on any atom is 0.256 e. The summed E-state index contributed by atoms with van der Waals surface area (Å²) in [7, 11) is 3.25. The molecule has 106 valence electrons. The first-order valence-corrected chi connectivity index (χ1v) is 7.13. The van der Waals surface area contributed by atoms with E-state index in [-0.39, 0.29) is 11.1 Å². The van der Waals surface area contributed by atoms with E-state index in [1.54, 1.807) is 20.4 Å². The van der Waals surface area contributed by atoms with Crippen LogP contribution in [0.3, 0.4) is 0 Å². The lowest BCUT2D eigenvalue weighted by Crippen LogP contribution is -2.20. The van der Waals surface area contributed by atoms with Gasteiger partial charge in [0, 0.05) is 19.0 Å². The Kier molecular flexibility index (Phi) is 4.49. The molecule has 0 saturated heterocycles. The Bertz CT molecular complexity index is 665. The predicted molar refractivity (Wildman–Crippen MR) is 78.9 cm³/mol. The van der Waals surface area contributed by atoms with Gasteiger partial charge < -0.3 is 9.30 Å². The third kappa shape index (κ3) is 3.04. The van der Waals surface area contributed by atoms with E-state index in [0.29, 0.717) is 10.6 Å². The molecule has 0 amide bonds. The van der Waals surface area contributed by atoms with E-state index in [1.807, 2.05) is 24.3 Å². The molecule has 1 aromatic heterocycles. The smallest absolute Gasteiger partial charge is 0.256 e. The first-order valence-electron chi connectivity index (χ1n) is 6.14. The topological polar surface area (TPSA) is 31.2 Å². The Morgan fingerprint density at radius 1 is 1.30 bits per heavy atom. The number of nitrogens with zero attached hydrogens (tertiary/aromatic N) is 1. The summed E-state index contributed by atoms with van der Waals surface area (Å²) in [5.74, 6) is 1.01. The highest BCUT2D eigenvalue weighted by atomic mass is 32.2. The number of aromatic nitrogens is 1. The lowest BCUT2D eigenvalue weighted by Gasteiger charge is -2.08. The van der Waals surface area contributed by atoms with Gasteiger partial charge in [-0.25, -0.2) is 4.39 Å². The molecule has 5 heteroatoms. The summed E-state index contributed by atoms with van der Waals surface area (Å²) < 4.78 is 20.5. The molecule has 0 radical (unpaired) electrons. The minimum absolute atomic E-state index is 0.159. The van der Waals surface area contributed by atoms with Crippen molar-refractivity contribution in [2.24, 2.45) is 7.05 Å². The van der Waals surface area contributed by atoms with Crippen LogP contribution in [0.2, 0.25) is 0 Å². The highest BCUT2D eigenvalue weighted by Gasteiger charge is 2.11. The van der Waals surface area contributed by atoms with Gasteiger partial charge in [-0.05, 0) is 24.6 Å². The predicted octanol–water partition coefficient (Wildman–Crippen LogP) is 3.13. The third-order valence-corrected chi connectivity index (χ3v) is 4.12. The van der Waals surface area contributed by atoms with Crippen LogP contribution in [0.1, 0.15) is 11.1 Å². The zero-order valence-electron chi connectivity index (χ0n) is 11.6. The number of hydrogen-bond acceptors (Lipinski definition) is 3. The summed E-state index contributed by atoms with van der Waals surface area (Å²) in [4.78, 5) is 12.1. The number of aryl methyl sites for hydroxylation is 1. The van der Waals surface area contributed by atoms with E-state index in [0.717, 1.165) is 11.3 Å². The van der Waals surface area contributed by atoms with Crippen molar-refractivity contribution in [3.63, 3.8) is 0 Å². The van der Waals surface area contributed by atoms with Crippen molar-refractivity contribution in [1.82, 2.24) is 4.57 Å². The highest BCUT2D eigenvalue weighted by molar-refractivity contribution is 7.98. The molecule has 0 spiro atoms. The van der Waals surface area contributed by atoms with Gasteiger partial charge in [-0.2, -0.15) is 0 Å². The second-order valence-electron chi connectivity index (χ2n) is 4.49. The second kappa shape index (κ2) is 6.13. The molecule has 1 aromatic carbocycles. The van der Waals surface area contributed by atoms with Crippen molar-refractivity contribution in [1.29, 1.82) is 0 Å². The summed E-state index contributed by atoms with van der Waals surface area (Å²) in [6, 6.07) is 7.63. The van der Waals surface area contributed by atoms with Crippen molar-refractivity contribution in [2.75, 3.05) is 7.11 Å². The number of halogens is 1. The van der Waals surface area contributed by atoms with Gasteiger partial charge in [0.05, 0.1) is 17.6 Å². The molecule has 0 unspecified atom stereocenters. The minimum Gasteiger partial charge on any atom is -0.497 e. The Hall–Kier alpha value is -1.75. The summed E-state index contributed by atoms with van der Waals surface area (Å²) in [5.41, 5.74) is 0.935. The maximum absolute atomic E-state index is 14.0. The third-order valence-electron chi connectivity index (χ3n) is 3.05. The lowest BCUT2D eigenvalue weighted by atomic mass is 10.2. The average Bonchev–Trinajstić information content (AvgIpc) is 2.48. The number of ether oxygens (including phenoxy) is 1. The fourth-order valence-corrected chi connectivity index (χ4v) is 2.84. The molecule has 0 aliphatic carbocycles. The molecule has 0 fully saturated rings. The van der Waals surface area contributed by atoms with Crippen molar-refractivity contribution in [3.05, 3.63) is 57.8 Å². The summed E-state index contributed by atoms with van der Waals surface area (Å²) in [6.45, 7) is 1.51. The van der Waals surface area contributed by atoms with E-state index < -0.39 is 5.82 Å². The van der Waals surface area contributed by atoms with E-state index in [1.165, 1.54) is 23.3 Å². The Labute approximate surface area is 121 Å². The van der Waals surface area contributed by atoms with Crippen LogP contribution in [0.5, 0.6) is 5.75 Å². The van der Waals surface area contributed by atoms with Gasteiger partial charge in [-0.3, -0.25) is 4.79 Å². The van der Waals surface area contributed by atoms with E-state index in [9.17, 15) is 9.18 Å². The first-order chi connectivity index (χ1) is 9.52. The number of pyridine rings is 1. The Morgan fingerprint density at radius 2 is 1.95 bits per heavy atom. The molecular weight excluding hydrogens is 277 g/mol. The molecule has 3 nitrogen and oxygen atoms in total. The monoisotopic (exact) mass is 293 g/mol. The van der Waals surface area contributed by atoms with E-state index >= 15 is 0 Å². The fraction of sp³-hybridized carbons (Fsp3) is 0.267. The Morgan fingerprint density at radius 3 is 2.55 bits per heavy atom. The van der Waals surface area contributed by atoms with Crippen molar-refractivity contribution in [2.45, 2.75) is 17.6 Å². The molecule has 0 bridgehead atoms. The summed E-state index contributed by atoms with van der Waals surface area (Å²) in [5, 5.41) is 0. The van der Waals surface area contributed by atoms with Crippen LogP contribution in [0, 0.1) is 12.7 Å². The molecule has 2 rings (SSSR count). The number of thioether (sulfide) groups is 1. The van der Waals surface area contributed by atoms with Crippen LogP contribution in [0.25, 0.3) is 0 Å². The highest BCUT2D eigenvalue weighted by Crippen LogP contribution is 2.26. The number of rotatable bonds is 4. The zero-order chi connectivity index (χ0) is 14.7. The molecule has 0 aliphatic heterocycles. The number of benzene rings is 1. The molecule has 1 heterocycles. The lowest BCUT2D eigenvalue weighted by molar-refractivity contribution is 0.414. The van der Waals surface area contributed by atoms with Crippen LogP contribution in [-0.4, -0.2) is 11.7 Å². The van der Waals surface area contributed by atoms with Crippen molar-refractivity contribution < 1.29 is 9.13 Å². The molecule has 2 aromatic rings. The molecule has 0 saturated carbocycles. The number of hydrogen-bond donors (Lipinski definition) is 0. The van der Waals surface area contributed by atoms with Crippen LogP contribution in [0.4, 0.5) is 4.39 Å². The zero-order valence-corrected chi connectivity index (χ0v) is 12.5. The molecule has 20 heavy (non-hydrogen) atoms. The van der Waals surface area contributed by atoms with E-state index in [4.69, 9.17) is 4.74 Å². The Balaban J connectivity index is 2.16. The van der Waals surface area contributed by atoms with Crippen molar-refractivity contribution in [3.8, 4) is 5.75 Å². The van der Waals surface area contributed by atoms with Crippen LogP contribution >= 0.6 is 11.8 Å². The van der Waals surface area contributed by atoms with Gasteiger partial charge in [-0.15, -0.1) is 11.8 Å². The van der Waals surface area contributed by atoms with Crippen molar-refractivity contribution >= 4 is 11.8 Å². The van der Waals surface area contributed by atoms with E-state index in [2.05, 4.69) is 0 Å². The SMILES string of the molecule is COc1ccc(CSc2cn(C)c(=O)c(C)c2F)cc1. The van der Waals surface area contributed by atoms with Crippen LogP contribution < -0.4 is 10.3 Å². The maximum atomic E-state index is 14.0. The fourth-order valence-electron chi connectivity index (χ4n) is 1.82. The summed E-state index contributed by atoms with van der Waals surface area (Å²) in [6.07, 6.45) is 1.54. The standard InChI is InChI=1S/C15H16FNO2S/c1-10-14(16)13(8-17(2)15(10)18)20-9-11-4-6-12(19-3)7-5-11/h4-8H,9H2,1-3H3. The van der Waals surface area contributed by atoms with Gasteiger partial charge in [0.2, 0.25) is 0 Å². The summed E-state index contributed by atoms with van der Waals surface area (Å²) >= 11 is 1.38. The molecular formula is C15H16FNO2S. The average molecular weight is 293 g/mol. The van der Waals surface area contributed by atoms with Crippen LogP contribution in [-0.2, 0) is 12.8 Å². The number of methoxy groups -OCH3 is 1. The van der Waals surface area contributed by atoms with Crippen LogP contribution in [0.15, 0.2) is 40.2 Å². The minimum atomic E-state index is -0.424. The first kappa shape index (κ1) is 14.7. The second-order valence-corrected chi connectivity index (χ2v) is 5.50. The van der Waals surface area contributed by atoms with Gasteiger partial charge in [0.15, 0.2) is 0 Å². The van der Waals surface area contributed by atoms with Gasteiger partial charge >= 0.3 is 0 Å². The molecule has 0 aliphatic rings. The van der Waals surface area contributed by atoms with Gasteiger partial charge in [-0.1, -0.05) is 12.1 Å². The molecule has 0 atom stereocenters. The molecule has 0 N–H and O–H groups in total. The van der Waals surface area contributed by atoms with Gasteiger partial charge in [0.1, 0.15) is 11.6 Å². The normalized spacial score (nSPS) is 10.6. The van der Waals surface area contributed by atoms with Gasteiger partial charge in [0.25, 0.3) is 5.56 Å². The largest absolute Gasteiger partial charge is 0.497 e.